The Morgan fingerprint density at radius 1 is 1.32 bits per heavy atom. The van der Waals surface area contributed by atoms with Gasteiger partial charge in [-0.1, -0.05) is 12.1 Å². The van der Waals surface area contributed by atoms with Crippen LogP contribution in [0.1, 0.15) is 24.0 Å². The molecule has 0 aliphatic carbocycles. The van der Waals surface area contributed by atoms with Crippen LogP contribution in [0.3, 0.4) is 0 Å². The number of nitrogens with zero attached hydrogens (tertiary/aromatic N) is 1. The molecule has 0 fully saturated rings. The van der Waals surface area contributed by atoms with E-state index in [0.717, 1.165) is 38.0 Å². The molecule has 0 aromatic heterocycles. The van der Waals surface area contributed by atoms with Crippen molar-refractivity contribution in [3.63, 3.8) is 0 Å². The molecule has 1 aromatic rings. The van der Waals surface area contributed by atoms with Gasteiger partial charge in [0.05, 0.1) is 0 Å². The van der Waals surface area contributed by atoms with E-state index >= 15 is 0 Å². The maximum atomic E-state index is 11.6. The Labute approximate surface area is 114 Å². The van der Waals surface area contributed by atoms with Gasteiger partial charge < -0.3 is 15.3 Å². The van der Waals surface area contributed by atoms with Gasteiger partial charge in [0.2, 0.25) is 5.91 Å². The lowest BCUT2D eigenvalue weighted by Gasteiger charge is -2.26. The third kappa shape index (κ3) is 3.55. The molecule has 4 heteroatoms. The highest BCUT2D eigenvalue weighted by Gasteiger charge is 2.20. The van der Waals surface area contributed by atoms with Crippen LogP contribution in [0.2, 0.25) is 0 Å². The fourth-order valence-corrected chi connectivity index (χ4v) is 2.43. The first-order valence-corrected chi connectivity index (χ1v) is 6.92. The van der Waals surface area contributed by atoms with E-state index in [2.05, 4.69) is 23.5 Å². The zero-order chi connectivity index (χ0) is 13.7. The van der Waals surface area contributed by atoms with Crippen molar-refractivity contribution in [1.29, 1.82) is 0 Å². The van der Waals surface area contributed by atoms with Crippen LogP contribution >= 0.6 is 0 Å². The fraction of sp³-hybridized carbons (Fsp3) is 0.533. The molecule has 0 radical (unpaired) electrons. The summed E-state index contributed by atoms with van der Waals surface area (Å²) in [6.07, 6.45) is 3.25. The predicted molar refractivity (Wildman–Crippen MR) is 76.4 cm³/mol. The molecule has 1 heterocycles. The third-order valence-corrected chi connectivity index (χ3v) is 3.59. The molecule has 0 atom stereocenters. The van der Waals surface area contributed by atoms with Gasteiger partial charge in [0.25, 0.3) is 0 Å². The summed E-state index contributed by atoms with van der Waals surface area (Å²) in [5, 5.41) is 12.0. The minimum absolute atomic E-state index is 0.200. The van der Waals surface area contributed by atoms with E-state index in [4.69, 9.17) is 5.11 Å². The van der Waals surface area contributed by atoms with Gasteiger partial charge in [0.15, 0.2) is 0 Å². The molecule has 0 saturated heterocycles. The van der Waals surface area contributed by atoms with E-state index in [9.17, 15) is 4.79 Å². The number of hydrogen-bond donors (Lipinski definition) is 2. The molecule has 1 aromatic carbocycles. The standard InChI is InChI=1S/C15H22N2O2/c1-17-14-5-3-12(7-9-16-8-2-10-18)11-13(14)4-6-15(17)19/h3,5,11,16,18H,2,4,6-10H2,1H3. The first-order valence-electron chi connectivity index (χ1n) is 6.92. The summed E-state index contributed by atoms with van der Waals surface area (Å²) in [5.41, 5.74) is 3.63. The highest BCUT2D eigenvalue weighted by molar-refractivity contribution is 5.95. The molecule has 2 N–H and O–H groups in total. The number of aliphatic hydroxyl groups is 1. The minimum atomic E-state index is 0.200. The lowest BCUT2D eigenvalue weighted by molar-refractivity contribution is -0.118. The van der Waals surface area contributed by atoms with Crippen molar-refractivity contribution < 1.29 is 9.90 Å². The van der Waals surface area contributed by atoms with Crippen LogP contribution < -0.4 is 10.2 Å². The average Bonchev–Trinajstić information content (AvgIpc) is 2.43. The topological polar surface area (TPSA) is 52.6 Å². The second-order valence-electron chi connectivity index (χ2n) is 4.99. The van der Waals surface area contributed by atoms with Gasteiger partial charge in [-0.2, -0.15) is 0 Å². The Hall–Kier alpha value is -1.39. The number of carbonyl (C=O) groups excluding carboxylic acids is 1. The number of anilines is 1. The van der Waals surface area contributed by atoms with Gasteiger partial charge in [-0.25, -0.2) is 0 Å². The zero-order valence-corrected chi connectivity index (χ0v) is 11.5. The number of benzene rings is 1. The summed E-state index contributed by atoms with van der Waals surface area (Å²) in [6, 6.07) is 6.36. The number of amides is 1. The lowest BCUT2D eigenvalue weighted by Crippen LogP contribution is -2.31. The van der Waals surface area contributed by atoms with Crippen molar-refractivity contribution in [2.45, 2.75) is 25.7 Å². The first kappa shape index (κ1) is 14.0. The smallest absolute Gasteiger partial charge is 0.227 e. The van der Waals surface area contributed by atoms with Gasteiger partial charge in [-0.15, -0.1) is 0 Å². The fourth-order valence-electron chi connectivity index (χ4n) is 2.43. The van der Waals surface area contributed by atoms with Crippen LogP contribution in [0, 0.1) is 0 Å². The van der Waals surface area contributed by atoms with Crippen LogP contribution in [0.15, 0.2) is 18.2 Å². The molecule has 1 amide bonds. The van der Waals surface area contributed by atoms with E-state index in [1.54, 1.807) is 4.90 Å². The Morgan fingerprint density at radius 2 is 2.16 bits per heavy atom. The van der Waals surface area contributed by atoms with Gasteiger partial charge in [-0.05, 0) is 49.5 Å². The van der Waals surface area contributed by atoms with Gasteiger partial charge in [-0.3, -0.25) is 4.79 Å². The van der Waals surface area contributed by atoms with Crippen LogP contribution in [0.4, 0.5) is 5.69 Å². The Morgan fingerprint density at radius 3 is 2.95 bits per heavy atom. The quantitative estimate of drug-likeness (QED) is 0.755. The highest BCUT2D eigenvalue weighted by Crippen LogP contribution is 2.27. The van der Waals surface area contributed by atoms with Gasteiger partial charge in [0.1, 0.15) is 0 Å². The van der Waals surface area contributed by atoms with Crippen LogP contribution in [0.5, 0.6) is 0 Å². The maximum Gasteiger partial charge on any atom is 0.227 e. The zero-order valence-electron chi connectivity index (χ0n) is 11.5. The molecule has 104 valence electrons. The summed E-state index contributed by atoms with van der Waals surface area (Å²) in [7, 11) is 1.84. The average molecular weight is 262 g/mol. The molecule has 0 unspecified atom stereocenters. The number of aryl methyl sites for hydroxylation is 1. The minimum Gasteiger partial charge on any atom is -0.396 e. The van der Waals surface area contributed by atoms with Crippen molar-refractivity contribution in [2.75, 3.05) is 31.6 Å². The van der Waals surface area contributed by atoms with Crippen molar-refractivity contribution in [2.24, 2.45) is 0 Å². The molecular weight excluding hydrogens is 240 g/mol. The Kier molecular flexibility index (Phi) is 4.93. The summed E-state index contributed by atoms with van der Waals surface area (Å²) >= 11 is 0. The van der Waals surface area contributed by atoms with E-state index in [1.165, 1.54) is 11.1 Å². The number of nitrogens with one attached hydrogen (secondary N) is 1. The summed E-state index contributed by atoms with van der Waals surface area (Å²) in [6.45, 7) is 2.03. The molecule has 0 spiro atoms. The largest absolute Gasteiger partial charge is 0.396 e. The molecule has 2 rings (SSSR count). The van der Waals surface area contributed by atoms with E-state index in [0.29, 0.717) is 6.42 Å². The number of aliphatic hydroxyl groups excluding tert-OH is 1. The lowest BCUT2D eigenvalue weighted by atomic mass is 9.98. The van der Waals surface area contributed by atoms with Crippen LogP contribution in [-0.4, -0.2) is 37.8 Å². The monoisotopic (exact) mass is 262 g/mol. The Bertz CT molecular complexity index is 446. The van der Waals surface area contributed by atoms with Crippen molar-refractivity contribution in [1.82, 2.24) is 5.32 Å². The molecule has 4 nitrogen and oxygen atoms in total. The number of hydrogen-bond acceptors (Lipinski definition) is 3. The summed E-state index contributed by atoms with van der Waals surface area (Å²) < 4.78 is 0. The van der Waals surface area contributed by atoms with E-state index in [-0.39, 0.29) is 12.5 Å². The molecule has 0 saturated carbocycles. The predicted octanol–water partition coefficient (Wildman–Crippen LogP) is 1.11. The first-order chi connectivity index (χ1) is 9.22. The highest BCUT2D eigenvalue weighted by atomic mass is 16.3. The molecular formula is C15H22N2O2. The van der Waals surface area contributed by atoms with Gasteiger partial charge >= 0.3 is 0 Å². The van der Waals surface area contributed by atoms with Crippen LogP contribution in [0.25, 0.3) is 0 Å². The Balaban J connectivity index is 1.92. The van der Waals surface area contributed by atoms with Crippen molar-refractivity contribution >= 4 is 11.6 Å². The summed E-state index contributed by atoms with van der Waals surface area (Å²) in [5.74, 6) is 0.200. The van der Waals surface area contributed by atoms with Gasteiger partial charge in [0, 0.05) is 25.8 Å². The second-order valence-corrected chi connectivity index (χ2v) is 4.99. The van der Waals surface area contributed by atoms with Crippen LogP contribution in [-0.2, 0) is 17.6 Å². The molecule has 1 aliphatic heterocycles. The van der Waals surface area contributed by atoms with E-state index in [1.807, 2.05) is 7.05 Å². The molecule has 19 heavy (non-hydrogen) atoms. The summed E-state index contributed by atoms with van der Waals surface area (Å²) in [4.78, 5) is 13.4. The normalized spacial score (nSPS) is 14.6. The number of carbonyl (C=O) groups is 1. The second kappa shape index (κ2) is 6.68. The van der Waals surface area contributed by atoms with Crippen molar-refractivity contribution in [3.8, 4) is 0 Å². The van der Waals surface area contributed by atoms with Crippen molar-refractivity contribution in [3.05, 3.63) is 29.3 Å². The third-order valence-electron chi connectivity index (χ3n) is 3.59. The van der Waals surface area contributed by atoms with E-state index < -0.39 is 0 Å². The number of fused-ring (bicyclic) bond motifs is 1. The maximum absolute atomic E-state index is 11.6. The SMILES string of the molecule is CN1C(=O)CCc2cc(CCNCCCO)ccc21. The number of rotatable bonds is 6. The molecule has 0 bridgehead atoms. The molecule has 1 aliphatic rings.